The number of piperidine rings is 1. The van der Waals surface area contributed by atoms with Crippen molar-refractivity contribution in [3.8, 4) is 0 Å². The molecule has 1 amide bonds. The molecule has 2 fully saturated rings. The van der Waals surface area contributed by atoms with E-state index in [4.69, 9.17) is 0 Å². The molecule has 0 aromatic rings. The fourth-order valence-electron chi connectivity index (χ4n) is 2.66. The van der Waals surface area contributed by atoms with Crippen LogP contribution in [-0.2, 0) is 4.79 Å². The highest BCUT2D eigenvalue weighted by molar-refractivity contribution is 5.81. The van der Waals surface area contributed by atoms with E-state index >= 15 is 0 Å². The van der Waals surface area contributed by atoms with Crippen molar-refractivity contribution in [2.75, 3.05) is 32.7 Å². The average Bonchev–Trinajstić information content (AvgIpc) is 2.46. The van der Waals surface area contributed by atoms with Crippen molar-refractivity contribution in [3.63, 3.8) is 0 Å². The van der Waals surface area contributed by atoms with E-state index in [9.17, 15) is 4.79 Å². The van der Waals surface area contributed by atoms with E-state index in [1.54, 1.807) is 0 Å². The Hall–Kier alpha value is -0.610. The molecule has 0 bridgehead atoms. The van der Waals surface area contributed by atoms with Gasteiger partial charge in [0.15, 0.2) is 0 Å². The van der Waals surface area contributed by atoms with Crippen molar-refractivity contribution in [2.45, 2.75) is 32.2 Å². The van der Waals surface area contributed by atoms with Gasteiger partial charge in [0.1, 0.15) is 0 Å². The Bertz CT molecular complexity index is 238. The number of nitrogens with one attached hydrogen (secondary N) is 2. The zero-order chi connectivity index (χ0) is 11.4. The van der Waals surface area contributed by atoms with Crippen LogP contribution >= 0.6 is 0 Å². The fraction of sp³-hybridized carbons (Fsp3) is 0.917. The fourth-order valence-corrected chi connectivity index (χ4v) is 2.66. The highest BCUT2D eigenvalue weighted by atomic mass is 16.2. The summed E-state index contributed by atoms with van der Waals surface area (Å²) in [5.41, 5.74) is 0. The molecule has 0 radical (unpaired) electrons. The van der Waals surface area contributed by atoms with Gasteiger partial charge >= 0.3 is 0 Å². The Balaban J connectivity index is 1.88. The van der Waals surface area contributed by atoms with Gasteiger partial charge in [-0.3, -0.25) is 9.69 Å². The van der Waals surface area contributed by atoms with Crippen LogP contribution < -0.4 is 10.6 Å². The molecule has 0 aromatic heterocycles. The Morgan fingerprint density at radius 3 is 3.00 bits per heavy atom. The number of rotatable bonds is 2. The van der Waals surface area contributed by atoms with E-state index < -0.39 is 0 Å². The third-order valence-electron chi connectivity index (χ3n) is 3.74. The maximum Gasteiger partial charge on any atom is 0.237 e. The summed E-state index contributed by atoms with van der Waals surface area (Å²) in [6.45, 7) is 7.26. The van der Waals surface area contributed by atoms with Crippen LogP contribution in [0.1, 0.15) is 26.2 Å². The van der Waals surface area contributed by atoms with Gasteiger partial charge in [0, 0.05) is 19.6 Å². The summed E-state index contributed by atoms with van der Waals surface area (Å²) in [4.78, 5) is 14.0. The third-order valence-corrected chi connectivity index (χ3v) is 3.74. The molecule has 2 atom stereocenters. The number of carbonyl (C=O) groups excluding carboxylic acids is 1. The van der Waals surface area contributed by atoms with Crippen LogP contribution in [0.3, 0.4) is 0 Å². The molecule has 2 aliphatic heterocycles. The second-order valence-corrected chi connectivity index (χ2v) is 5.03. The number of hydrogen-bond donors (Lipinski definition) is 2. The van der Waals surface area contributed by atoms with Crippen LogP contribution in [0.25, 0.3) is 0 Å². The van der Waals surface area contributed by atoms with E-state index in [1.165, 1.54) is 12.8 Å². The molecule has 2 aliphatic rings. The number of carbonyl (C=O) groups is 1. The van der Waals surface area contributed by atoms with E-state index in [0.717, 1.165) is 45.1 Å². The molecule has 0 aromatic carbocycles. The lowest BCUT2D eigenvalue weighted by atomic mass is 9.98. The zero-order valence-electron chi connectivity index (χ0n) is 10.2. The molecule has 0 aliphatic carbocycles. The SMILES string of the molecule is CC1C(=O)NCCCN1CC1CCCNC1. The third kappa shape index (κ3) is 2.95. The summed E-state index contributed by atoms with van der Waals surface area (Å²) in [6.07, 6.45) is 3.66. The maximum absolute atomic E-state index is 11.7. The summed E-state index contributed by atoms with van der Waals surface area (Å²) in [5, 5.41) is 6.40. The van der Waals surface area contributed by atoms with Gasteiger partial charge in [-0.2, -0.15) is 0 Å². The van der Waals surface area contributed by atoms with Crippen LogP contribution in [0.5, 0.6) is 0 Å². The minimum Gasteiger partial charge on any atom is -0.355 e. The summed E-state index contributed by atoms with van der Waals surface area (Å²) >= 11 is 0. The van der Waals surface area contributed by atoms with Crippen LogP contribution in [0, 0.1) is 5.92 Å². The molecule has 4 heteroatoms. The Labute approximate surface area is 97.8 Å². The first-order chi connectivity index (χ1) is 7.77. The molecule has 4 nitrogen and oxygen atoms in total. The number of amides is 1. The summed E-state index contributed by atoms with van der Waals surface area (Å²) in [7, 11) is 0. The van der Waals surface area contributed by atoms with E-state index in [1.807, 2.05) is 6.92 Å². The van der Waals surface area contributed by atoms with Crippen molar-refractivity contribution in [2.24, 2.45) is 5.92 Å². The molecule has 2 saturated heterocycles. The highest BCUT2D eigenvalue weighted by Crippen LogP contribution is 2.15. The van der Waals surface area contributed by atoms with Crippen molar-refractivity contribution >= 4 is 5.91 Å². The summed E-state index contributed by atoms with van der Waals surface area (Å²) < 4.78 is 0. The summed E-state index contributed by atoms with van der Waals surface area (Å²) in [5.74, 6) is 0.920. The molecule has 92 valence electrons. The Kier molecular flexibility index (Phi) is 4.18. The molecule has 2 heterocycles. The maximum atomic E-state index is 11.7. The zero-order valence-corrected chi connectivity index (χ0v) is 10.2. The lowest BCUT2D eigenvalue weighted by Crippen LogP contribution is -2.46. The van der Waals surface area contributed by atoms with Crippen molar-refractivity contribution in [1.82, 2.24) is 15.5 Å². The van der Waals surface area contributed by atoms with Gasteiger partial charge in [0.05, 0.1) is 6.04 Å². The standard InChI is InChI=1S/C12H23N3O/c1-10-12(16)14-6-3-7-15(10)9-11-4-2-5-13-8-11/h10-11,13H,2-9H2,1H3,(H,14,16). The van der Waals surface area contributed by atoms with Crippen molar-refractivity contribution in [3.05, 3.63) is 0 Å². The molecule has 2 rings (SSSR count). The smallest absolute Gasteiger partial charge is 0.237 e. The van der Waals surface area contributed by atoms with Gasteiger partial charge in [-0.15, -0.1) is 0 Å². The van der Waals surface area contributed by atoms with E-state index in [2.05, 4.69) is 15.5 Å². The van der Waals surface area contributed by atoms with Gasteiger partial charge in [0.2, 0.25) is 5.91 Å². The lowest BCUT2D eigenvalue weighted by Gasteiger charge is -2.31. The molecular weight excluding hydrogens is 202 g/mol. The van der Waals surface area contributed by atoms with Gasteiger partial charge in [-0.05, 0) is 45.2 Å². The Morgan fingerprint density at radius 1 is 1.38 bits per heavy atom. The predicted molar refractivity (Wildman–Crippen MR) is 64.3 cm³/mol. The van der Waals surface area contributed by atoms with Gasteiger partial charge in [-0.25, -0.2) is 0 Å². The van der Waals surface area contributed by atoms with E-state index in [-0.39, 0.29) is 11.9 Å². The van der Waals surface area contributed by atoms with Gasteiger partial charge in [-0.1, -0.05) is 0 Å². The predicted octanol–water partition coefficient (Wildman–Crippen LogP) is 0.196. The van der Waals surface area contributed by atoms with Crippen LogP contribution in [0.4, 0.5) is 0 Å². The monoisotopic (exact) mass is 225 g/mol. The first-order valence-corrected chi connectivity index (χ1v) is 6.50. The molecule has 2 unspecified atom stereocenters. The van der Waals surface area contributed by atoms with Gasteiger partial charge in [0.25, 0.3) is 0 Å². The number of hydrogen-bond acceptors (Lipinski definition) is 3. The van der Waals surface area contributed by atoms with Crippen LogP contribution in [0.2, 0.25) is 0 Å². The summed E-state index contributed by atoms with van der Waals surface area (Å²) in [6, 6.07) is 0.0458. The first kappa shape index (κ1) is 11.9. The van der Waals surface area contributed by atoms with Crippen LogP contribution in [-0.4, -0.2) is 49.6 Å². The lowest BCUT2D eigenvalue weighted by molar-refractivity contribution is -0.125. The minimum absolute atomic E-state index is 0.0458. The topological polar surface area (TPSA) is 44.4 Å². The quantitative estimate of drug-likeness (QED) is 0.705. The molecular formula is C12H23N3O. The minimum atomic E-state index is 0.0458. The number of nitrogens with zero attached hydrogens (tertiary/aromatic N) is 1. The largest absolute Gasteiger partial charge is 0.355 e. The van der Waals surface area contributed by atoms with Gasteiger partial charge < -0.3 is 10.6 Å². The molecule has 0 spiro atoms. The second kappa shape index (κ2) is 5.64. The first-order valence-electron chi connectivity index (χ1n) is 6.50. The second-order valence-electron chi connectivity index (χ2n) is 5.03. The Morgan fingerprint density at radius 2 is 2.25 bits per heavy atom. The molecule has 2 N–H and O–H groups in total. The van der Waals surface area contributed by atoms with E-state index in [0.29, 0.717) is 0 Å². The average molecular weight is 225 g/mol. The van der Waals surface area contributed by atoms with Crippen molar-refractivity contribution in [1.29, 1.82) is 0 Å². The normalized spacial score (nSPS) is 33.2. The highest BCUT2D eigenvalue weighted by Gasteiger charge is 2.26. The van der Waals surface area contributed by atoms with Crippen LogP contribution in [0.15, 0.2) is 0 Å². The molecule has 0 saturated carbocycles. The molecule has 16 heavy (non-hydrogen) atoms. The van der Waals surface area contributed by atoms with Crippen molar-refractivity contribution < 1.29 is 4.79 Å².